The van der Waals surface area contributed by atoms with Gasteiger partial charge in [0.2, 0.25) is 0 Å². The van der Waals surface area contributed by atoms with Crippen molar-refractivity contribution in [2.45, 2.75) is 57.0 Å². The minimum absolute atomic E-state index is 0. The topological polar surface area (TPSA) is 243 Å². The average molecular weight is 566 g/mol. The molecule has 4 aliphatic rings. The minimum atomic E-state index is -5.05. The molecule has 16 heteroatoms. The third-order valence-electron chi connectivity index (χ3n) is 8.26. The van der Waals surface area contributed by atoms with Crippen LogP contribution in [0.15, 0.2) is 23.3 Å². The predicted molar refractivity (Wildman–Crippen MR) is 125 cm³/mol. The molecule has 0 aromatic carbocycles. The van der Waals surface area contributed by atoms with Gasteiger partial charge in [-0.05, 0) is 18.1 Å². The van der Waals surface area contributed by atoms with Crippen LogP contribution in [-0.2, 0) is 18.2 Å². The summed E-state index contributed by atoms with van der Waals surface area (Å²) in [6.07, 6.45) is 2.08. The summed E-state index contributed by atoms with van der Waals surface area (Å²) in [5.41, 5.74) is -4.57. The Morgan fingerprint density at radius 1 is 1.06 bits per heavy atom. The Morgan fingerprint density at radius 3 is 1.97 bits per heavy atom. The molecule has 4 rings (SSSR count). The number of fused-ring (bicyclic) bond motifs is 5. The summed E-state index contributed by atoms with van der Waals surface area (Å²) >= 11 is 0. The number of rotatable bonds is 3. The van der Waals surface area contributed by atoms with Crippen molar-refractivity contribution in [1.82, 2.24) is 0 Å². The number of ketones is 1. The van der Waals surface area contributed by atoms with E-state index in [1.54, 1.807) is 26.0 Å². The van der Waals surface area contributed by atoms with Gasteiger partial charge in [-0.2, -0.15) is 4.31 Å². The summed E-state index contributed by atoms with van der Waals surface area (Å²) in [5.74, 6) is -3.14. The number of carbonyl (C=O) groups is 1. The van der Waals surface area contributed by atoms with Gasteiger partial charge in [0.15, 0.2) is 5.78 Å². The predicted octanol–water partition coefficient (Wildman–Crippen LogP) is -1.53. The molecule has 2 fully saturated rings. The number of hydrogen-bond acceptors (Lipinski definition) is 9. The average Bonchev–Trinajstić information content (AvgIpc) is 3.08. The molecular weight excluding hydrogens is 533 g/mol. The summed E-state index contributed by atoms with van der Waals surface area (Å²) in [4.78, 5) is 43.7. The van der Waals surface area contributed by atoms with Crippen molar-refractivity contribution >= 4 is 51.0 Å². The van der Waals surface area contributed by atoms with Gasteiger partial charge >= 0.3 is 45.2 Å². The van der Waals surface area contributed by atoms with Gasteiger partial charge in [-0.1, -0.05) is 32.9 Å². The number of carbonyl (C=O) groups excluding carboxylic acids is 1. The van der Waals surface area contributed by atoms with E-state index in [1.165, 1.54) is 0 Å². The zero-order valence-electron chi connectivity index (χ0n) is 19.5. The van der Waals surface area contributed by atoms with Crippen molar-refractivity contribution in [1.29, 1.82) is 0 Å². The third-order valence-corrected chi connectivity index (χ3v) is 9.96. The number of aliphatic hydroxyl groups excluding tert-OH is 2. The van der Waals surface area contributed by atoms with Crippen LogP contribution in [0.4, 0.5) is 0 Å². The first-order valence-electron chi connectivity index (χ1n) is 10.8. The van der Waals surface area contributed by atoms with Gasteiger partial charge in [-0.25, -0.2) is 9.13 Å². The molecule has 0 spiro atoms. The first-order valence-corrected chi connectivity index (χ1v) is 13.9. The third kappa shape index (κ3) is 4.85. The maximum atomic E-state index is 12.7. The van der Waals surface area contributed by atoms with Crippen LogP contribution in [0, 0.1) is 29.1 Å². The van der Waals surface area contributed by atoms with Crippen molar-refractivity contribution in [2.24, 2.45) is 29.1 Å². The molecule has 0 heterocycles. The molecule has 202 valence electrons. The molecule has 0 aliphatic heterocycles. The van der Waals surface area contributed by atoms with E-state index in [9.17, 15) is 39.5 Å². The molecule has 36 heavy (non-hydrogen) atoms. The number of Topliss-reactive ketones (excluding diaryl/α,β-unsaturated/α-hetero) is 1. The van der Waals surface area contributed by atoms with Crippen molar-refractivity contribution in [3.05, 3.63) is 23.3 Å². The zero-order valence-corrected chi connectivity index (χ0v) is 21.3. The van der Waals surface area contributed by atoms with Crippen molar-refractivity contribution in [3.63, 3.8) is 0 Å². The Labute approximate surface area is 229 Å². The normalized spacial score (nSPS) is 42.8. The fourth-order valence-corrected chi connectivity index (χ4v) is 7.69. The van der Waals surface area contributed by atoms with Crippen LogP contribution >= 0.6 is 15.6 Å². The van der Waals surface area contributed by atoms with Crippen LogP contribution in [0.3, 0.4) is 0 Å². The van der Waals surface area contributed by atoms with E-state index < -0.39 is 73.4 Å². The maximum absolute atomic E-state index is 12.7. The Morgan fingerprint density at radius 2 is 1.56 bits per heavy atom. The van der Waals surface area contributed by atoms with Crippen LogP contribution < -0.4 is 0 Å². The standard InChI is InChI=1S/C20H28O6.Na.H4O7P2.H/c1-9-5-13-18(24,15(9)22)7-11(8-21)6-12-14-17(3,4)20(14,26)16(23)10(2)19(12,13)25;;1-8(2,3)7-9(4,5)6;/h5-6,10,12-14,16,21,23-26H,7-8H2,1-4H3;;(H2,1,2,3)(H2,4,5,6);/t10-,12+,13-,14-,16-,18+,19+,20+;;;/m1.../s1. The molecule has 0 unspecified atom stereocenters. The molecular formula is C20H33NaO13P2. The molecule has 0 bridgehead atoms. The van der Waals surface area contributed by atoms with Crippen LogP contribution in [0.5, 0.6) is 0 Å². The van der Waals surface area contributed by atoms with Crippen LogP contribution in [0.25, 0.3) is 0 Å². The number of hydrogen-bond donors (Lipinski definition) is 9. The molecule has 9 N–H and O–H groups in total. The Bertz CT molecular complexity index is 1060. The van der Waals surface area contributed by atoms with Crippen molar-refractivity contribution < 1.29 is 63.3 Å². The molecule has 0 aromatic rings. The van der Waals surface area contributed by atoms with Gasteiger partial charge in [0, 0.05) is 35.5 Å². The summed E-state index contributed by atoms with van der Waals surface area (Å²) in [7, 11) is -10.1. The quantitative estimate of drug-likeness (QED) is 0.107. The number of phosphoric acid groups is 2. The summed E-state index contributed by atoms with van der Waals surface area (Å²) < 4.78 is 22.2. The second kappa shape index (κ2) is 9.69. The van der Waals surface area contributed by atoms with E-state index in [2.05, 4.69) is 4.31 Å². The first-order chi connectivity index (χ1) is 15.6. The van der Waals surface area contributed by atoms with Crippen LogP contribution in [0.2, 0.25) is 0 Å². The zero-order chi connectivity index (χ0) is 27.2. The van der Waals surface area contributed by atoms with E-state index in [1.807, 2.05) is 13.8 Å². The molecule has 0 saturated heterocycles. The van der Waals surface area contributed by atoms with Gasteiger partial charge in [0.25, 0.3) is 0 Å². The Kier molecular flexibility index (Phi) is 8.73. The molecule has 0 amide bonds. The van der Waals surface area contributed by atoms with Gasteiger partial charge in [0.1, 0.15) is 11.2 Å². The fraction of sp³-hybridized carbons (Fsp3) is 0.750. The molecule has 13 nitrogen and oxygen atoms in total. The van der Waals surface area contributed by atoms with Crippen LogP contribution in [0.1, 0.15) is 34.1 Å². The summed E-state index contributed by atoms with van der Waals surface area (Å²) in [6, 6.07) is 0. The molecule has 0 radical (unpaired) electrons. The van der Waals surface area contributed by atoms with Gasteiger partial charge in [-0.3, -0.25) is 4.79 Å². The monoisotopic (exact) mass is 566 g/mol. The summed E-state index contributed by atoms with van der Waals surface area (Å²) in [5, 5.41) is 54.9. The van der Waals surface area contributed by atoms with Gasteiger partial charge in [-0.15, -0.1) is 0 Å². The second-order valence-electron chi connectivity index (χ2n) is 10.5. The Hall–Kier alpha value is 0.210. The SMILES string of the molecule is CC1=C[C@H]2[C@]3(O)[C@H](C)[C@@H](O)[C@@]4(O)[C@H]([C@@H]3C=C(CO)C[C@@]2(O)C1=O)C4(C)C.O=P(O)(O)OP(=O)(O)O.[NaH]. The van der Waals surface area contributed by atoms with E-state index in [0.29, 0.717) is 11.1 Å². The van der Waals surface area contributed by atoms with E-state index in [-0.39, 0.29) is 42.6 Å². The van der Waals surface area contributed by atoms with Gasteiger partial charge < -0.3 is 45.1 Å². The molecule has 2 saturated carbocycles. The Balaban J connectivity index is 0.000000394. The van der Waals surface area contributed by atoms with Crippen molar-refractivity contribution in [2.75, 3.05) is 6.61 Å². The van der Waals surface area contributed by atoms with Gasteiger partial charge in [0.05, 0.1) is 18.3 Å². The molecule has 0 aromatic heterocycles. The van der Waals surface area contributed by atoms with E-state index >= 15 is 0 Å². The van der Waals surface area contributed by atoms with Crippen molar-refractivity contribution in [3.8, 4) is 0 Å². The van der Waals surface area contributed by atoms with E-state index in [4.69, 9.17) is 19.6 Å². The van der Waals surface area contributed by atoms with Crippen LogP contribution in [-0.4, -0.2) is 110 Å². The molecule has 4 aliphatic carbocycles. The number of aliphatic hydroxyl groups is 5. The second-order valence-corrected chi connectivity index (χ2v) is 13.1. The molecule has 8 atom stereocenters. The van der Waals surface area contributed by atoms with E-state index in [0.717, 1.165) is 0 Å². The first kappa shape index (κ1) is 32.4. The summed E-state index contributed by atoms with van der Waals surface area (Å²) in [6.45, 7) is 6.63. The fourth-order valence-electron chi connectivity index (χ4n) is 6.59.